The summed E-state index contributed by atoms with van der Waals surface area (Å²) in [6.07, 6.45) is 3.97. The molecule has 1 aliphatic rings. The largest absolute Gasteiger partial charge is 0.312 e. The Hall–Kier alpha value is -0.150. The maximum Gasteiger partial charge on any atom is 0.0783 e. The molecule has 1 heterocycles. The van der Waals surface area contributed by atoms with Gasteiger partial charge < -0.3 is 4.31 Å². The fourth-order valence-electron chi connectivity index (χ4n) is 0.490. The van der Waals surface area contributed by atoms with E-state index in [0.29, 0.717) is 0 Å². The van der Waals surface area contributed by atoms with Crippen LogP contribution in [0.4, 0.5) is 0 Å². The number of hydrogen-bond acceptors (Lipinski definition) is 3. The molecule has 0 saturated carbocycles. The van der Waals surface area contributed by atoms with Gasteiger partial charge in [-0.15, -0.1) is 0 Å². The molecule has 0 bridgehead atoms. The number of nitrogens with zero attached hydrogens (tertiary/aromatic N) is 1. The van der Waals surface area contributed by atoms with E-state index in [9.17, 15) is 0 Å². The van der Waals surface area contributed by atoms with Crippen LogP contribution in [-0.4, -0.2) is 17.5 Å². The summed E-state index contributed by atoms with van der Waals surface area (Å²) in [5, 5.41) is 3.10. The van der Waals surface area contributed by atoms with E-state index in [1.165, 1.54) is 0 Å². The predicted molar refractivity (Wildman–Crippen MR) is 32.8 cm³/mol. The van der Waals surface area contributed by atoms with Gasteiger partial charge in [-0.05, 0) is 0 Å². The SMILES string of the molecule is SN1C=CCNC1. The van der Waals surface area contributed by atoms with Crippen molar-refractivity contribution in [2.45, 2.75) is 0 Å². The first kappa shape index (κ1) is 5.00. The molecule has 1 rings (SSSR count). The first-order chi connectivity index (χ1) is 3.39. The number of rotatable bonds is 0. The van der Waals surface area contributed by atoms with Crippen molar-refractivity contribution in [3.63, 3.8) is 0 Å². The summed E-state index contributed by atoms with van der Waals surface area (Å²) >= 11 is 4.05. The Morgan fingerprint density at radius 2 is 2.57 bits per heavy atom. The molecule has 1 aliphatic heterocycles. The third-order valence-electron chi connectivity index (χ3n) is 0.813. The lowest BCUT2D eigenvalue weighted by Gasteiger charge is -2.16. The molecule has 3 heteroatoms. The van der Waals surface area contributed by atoms with Gasteiger partial charge in [0.25, 0.3) is 0 Å². The highest BCUT2D eigenvalue weighted by atomic mass is 32.1. The molecule has 0 fully saturated rings. The van der Waals surface area contributed by atoms with E-state index in [1.54, 1.807) is 4.31 Å². The molecular weight excluding hydrogens is 108 g/mol. The Morgan fingerprint density at radius 3 is 2.86 bits per heavy atom. The van der Waals surface area contributed by atoms with Crippen LogP contribution >= 0.6 is 12.8 Å². The van der Waals surface area contributed by atoms with Crippen LogP contribution in [0.15, 0.2) is 12.3 Å². The van der Waals surface area contributed by atoms with Gasteiger partial charge in [-0.3, -0.25) is 5.32 Å². The topological polar surface area (TPSA) is 15.3 Å². The summed E-state index contributed by atoms with van der Waals surface area (Å²) < 4.78 is 1.80. The van der Waals surface area contributed by atoms with Gasteiger partial charge in [0.15, 0.2) is 0 Å². The summed E-state index contributed by atoms with van der Waals surface area (Å²) in [6.45, 7) is 1.82. The Bertz CT molecular complexity index is 81.8. The van der Waals surface area contributed by atoms with Gasteiger partial charge in [-0.2, -0.15) is 0 Å². The van der Waals surface area contributed by atoms with Crippen molar-refractivity contribution in [2.24, 2.45) is 0 Å². The molecule has 0 aromatic carbocycles. The molecule has 0 atom stereocenters. The van der Waals surface area contributed by atoms with Crippen molar-refractivity contribution in [3.05, 3.63) is 12.3 Å². The van der Waals surface area contributed by atoms with Crippen molar-refractivity contribution in [1.82, 2.24) is 9.62 Å². The van der Waals surface area contributed by atoms with E-state index in [0.717, 1.165) is 13.2 Å². The van der Waals surface area contributed by atoms with Gasteiger partial charge in [0.2, 0.25) is 0 Å². The molecule has 2 nitrogen and oxygen atoms in total. The second-order valence-corrected chi connectivity index (χ2v) is 1.95. The molecule has 1 N–H and O–H groups in total. The van der Waals surface area contributed by atoms with Gasteiger partial charge in [0.1, 0.15) is 0 Å². The highest BCUT2D eigenvalue weighted by Crippen LogP contribution is 1.93. The van der Waals surface area contributed by atoms with Gasteiger partial charge in [0.05, 0.1) is 6.67 Å². The molecular formula is C4H8N2S. The molecule has 0 saturated heterocycles. The van der Waals surface area contributed by atoms with E-state index in [4.69, 9.17) is 0 Å². The second kappa shape index (κ2) is 2.23. The Balaban J connectivity index is 2.36. The smallest absolute Gasteiger partial charge is 0.0783 e. The number of hydrogen-bond donors (Lipinski definition) is 2. The summed E-state index contributed by atoms with van der Waals surface area (Å²) in [5.74, 6) is 0. The molecule has 0 aromatic rings. The van der Waals surface area contributed by atoms with Gasteiger partial charge in [-0.1, -0.05) is 18.9 Å². The summed E-state index contributed by atoms with van der Waals surface area (Å²) in [5.41, 5.74) is 0. The molecule has 40 valence electrons. The molecule has 0 amide bonds. The Kier molecular flexibility index (Phi) is 1.59. The zero-order chi connectivity index (χ0) is 5.11. The minimum absolute atomic E-state index is 0.847. The van der Waals surface area contributed by atoms with E-state index in [-0.39, 0.29) is 0 Å². The molecule has 0 aromatic heterocycles. The Morgan fingerprint density at radius 1 is 1.71 bits per heavy atom. The molecule has 0 spiro atoms. The highest BCUT2D eigenvalue weighted by molar-refractivity contribution is 7.77. The van der Waals surface area contributed by atoms with Crippen molar-refractivity contribution >= 4 is 12.8 Å². The molecule has 7 heavy (non-hydrogen) atoms. The van der Waals surface area contributed by atoms with Crippen LogP contribution in [-0.2, 0) is 0 Å². The van der Waals surface area contributed by atoms with Crippen LogP contribution in [0.25, 0.3) is 0 Å². The lowest BCUT2D eigenvalue weighted by atomic mass is 10.5. The molecule has 0 radical (unpaired) electrons. The van der Waals surface area contributed by atoms with Crippen LogP contribution in [0.5, 0.6) is 0 Å². The van der Waals surface area contributed by atoms with Crippen LogP contribution < -0.4 is 5.32 Å². The minimum Gasteiger partial charge on any atom is -0.312 e. The van der Waals surface area contributed by atoms with Crippen molar-refractivity contribution < 1.29 is 0 Å². The van der Waals surface area contributed by atoms with Gasteiger partial charge >= 0.3 is 0 Å². The Labute approximate surface area is 48.7 Å². The van der Waals surface area contributed by atoms with E-state index in [1.807, 2.05) is 12.3 Å². The summed E-state index contributed by atoms with van der Waals surface area (Å²) in [6, 6.07) is 0. The van der Waals surface area contributed by atoms with Crippen molar-refractivity contribution in [3.8, 4) is 0 Å². The molecule has 0 unspecified atom stereocenters. The first-order valence-electron chi connectivity index (χ1n) is 2.22. The lowest BCUT2D eigenvalue weighted by molar-refractivity contribution is 0.526. The quantitative estimate of drug-likeness (QED) is 0.440. The third-order valence-corrected chi connectivity index (χ3v) is 1.09. The standard InChI is InChI=1S/C4H8N2S/c7-6-3-1-2-5-4-6/h1,3,5,7H,2,4H2. The number of thiol groups is 1. The van der Waals surface area contributed by atoms with Gasteiger partial charge in [0, 0.05) is 12.7 Å². The third kappa shape index (κ3) is 1.41. The van der Waals surface area contributed by atoms with Crippen LogP contribution in [0.1, 0.15) is 0 Å². The van der Waals surface area contributed by atoms with E-state index >= 15 is 0 Å². The normalized spacial score (nSPS) is 20.4. The fraction of sp³-hybridized carbons (Fsp3) is 0.500. The maximum atomic E-state index is 4.05. The predicted octanol–water partition coefficient (Wildman–Crippen LogP) is 0.208. The molecule has 0 aliphatic carbocycles. The van der Waals surface area contributed by atoms with E-state index < -0.39 is 0 Å². The average Bonchev–Trinajstić information content (AvgIpc) is 1.69. The van der Waals surface area contributed by atoms with Crippen LogP contribution in [0.3, 0.4) is 0 Å². The summed E-state index contributed by atoms with van der Waals surface area (Å²) in [4.78, 5) is 0. The second-order valence-electron chi connectivity index (χ2n) is 1.44. The zero-order valence-electron chi connectivity index (χ0n) is 3.96. The monoisotopic (exact) mass is 116 g/mol. The maximum absolute atomic E-state index is 4.05. The minimum atomic E-state index is 0.847. The van der Waals surface area contributed by atoms with Crippen LogP contribution in [0, 0.1) is 0 Å². The van der Waals surface area contributed by atoms with Crippen molar-refractivity contribution in [2.75, 3.05) is 13.2 Å². The number of nitrogens with one attached hydrogen (secondary N) is 1. The summed E-state index contributed by atoms with van der Waals surface area (Å²) in [7, 11) is 0. The van der Waals surface area contributed by atoms with Crippen molar-refractivity contribution in [1.29, 1.82) is 0 Å². The van der Waals surface area contributed by atoms with Gasteiger partial charge in [-0.25, -0.2) is 0 Å². The highest BCUT2D eigenvalue weighted by Gasteiger charge is 1.92. The average molecular weight is 116 g/mol. The lowest BCUT2D eigenvalue weighted by Crippen LogP contribution is -2.28. The van der Waals surface area contributed by atoms with Crippen LogP contribution in [0.2, 0.25) is 0 Å². The fourth-order valence-corrected chi connectivity index (χ4v) is 0.684. The van der Waals surface area contributed by atoms with E-state index in [2.05, 4.69) is 18.1 Å². The zero-order valence-corrected chi connectivity index (χ0v) is 4.86. The first-order valence-corrected chi connectivity index (χ1v) is 2.62.